The van der Waals surface area contributed by atoms with Crippen molar-refractivity contribution in [3.05, 3.63) is 58.1 Å². The van der Waals surface area contributed by atoms with Crippen molar-refractivity contribution in [1.82, 2.24) is 5.43 Å². The van der Waals surface area contributed by atoms with Gasteiger partial charge in [0.05, 0.1) is 20.3 Å². The normalized spacial score (nSPS) is 12.0. The first-order valence-electron chi connectivity index (χ1n) is 6.54. The Hall–Kier alpha value is -1.75. The molecule has 3 N–H and O–H groups in total. The van der Waals surface area contributed by atoms with Gasteiger partial charge in [-0.2, -0.15) is 0 Å². The molecule has 0 radical (unpaired) electrons. The smallest absolute Gasteiger partial charge is 0.127 e. The van der Waals surface area contributed by atoms with Crippen LogP contribution in [0.2, 0.25) is 5.02 Å². The molecule has 21 heavy (non-hydrogen) atoms. The minimum absolute atomic E-state index is 0.219. The van der Waals surface area contributed by atoms with Gasteiger partial charge >= 0.3 is 0 Å². The van der Waals surface area contributed by atoms with Crippen molar-refractivity contribution in [2.45, 2.75) is 13.0 Å². The summed E-state index contributed by atoms with van der Waals surface area (Å²) in [5, 5.41) is 0.678. The Morgan fingerprint density at radius 3 is 2.43 bits per heavy atom. The number of benzene rings is 2. The zero-order valence-corrected chi connectivity index (χ0v) is 13.1. The molecule has 0 aliphatic carbocycles. The Morgan fingerprint density at radius 1 is 1.10 bits per heavy atom. The first-order valence-corrected chi connectivity index (χ1v) is 6.92. The minimum Gasteiger partial charge on any atom is -0.497 e. The van der Waals surface area contributed by atoms with Crippen LogP contribution >= 0.6 is 11.6 Å². The van der Waals surface area contributed by atoms with Crippen LogP contribution in [0.5, 0.6) is 11.5 Å². The Bertz CT molecular complexity index is 611. The van der Waals surface area contributed by atoms with Gasteiger partial charge in [0.25, 0.3) is 0 Å². The fourth-order valence-corrected chi connectivity index (χ4v) is 2.65. The number of hydrazine groups is 1. The number of nitrogens with two attached hydrogens (primary N) is 1. The maximum Gasteiger partial charge on any atom is 0.127 e. The third kappa shape index (κ3) is 3.47. The van der Waals surface area contributed by atoms with E-state index in [1.54, 1.807) is 14.2 Å². The molecule has 0 aliphatic heterocycles. The van der Waals surface area contributed by atoms with E-state index in [0.29, 0.717) is 10.8 Å². The molecule has 0 fully saturated rings. The van der Waals surface area contributed by atoms with Crippen molar-refractivity contribution in [2.24, 2.45) is 5.84 Å². The molecule has 4 nitrogen and oxygen atoms in total. The van der Waals surface area contributed by atoms with Gasteiger partial charge in [-0.1, -0.05) is 17.7 Å². The molecule has 0 aromatic heterocycles. The van der Waals surface area contributed by atoms with Gasteiger partial charge in [0.1, 0.15) is 11.5 Å². The van der Waals surface area contributed by atoms with E-state index in [1.165, 1.54) is 0 Å². The Balaban J connectivity index is 2.50. The maximum absolute atomic E-state index is 6.14. The van der Waals surface area contributed by atoms with Gasteiger partial charge < -0.3 is 9.47 Å². The van der Waals surface area contributed by atoms with Crippen molar-refractivity contribution in [2.75, 3.05) is 14.2 Å². The molecule has 5 heteroatoms. The number of nitrogens with one attached hydrogen (secondary N) is 1. The number of halogens is 1. The fraction of sp³-hybridized carbons (Fsp3) is 0.250. The number of aryl methyl sites for hydroxylation is 1. The van der Waals surface area contributed by atoms with Gasteiger partial charge in [0.15, 0.2) is 0 Å². The van der Waals surface area contributed by atoms with Crippen molar-refractivity contribution in [3.63, 3.8) is 0 Å². The van der Waals surface area contributed by atoms with Crippen LogP contribution in [0.25, 0.3) is 0 Å². The highest BCUT2D eigenvalue weighted by Crippen LogP contribution is 2.33. The van der Waals surface area contributed by atoms with Crippen LogP contribution in [-0.4, -0.2) is 14.2 Å². The molecule has 2 aromatic rings. The van der Waals surface area contributed by atoms with Crippen LogP contribution in [0.1, 0.15) is 22.7 Å². The van der Waals surface area contributed by atoms with Crippen molar-refractivity contribution < 1.29 is 9.47 Å². The van der Waals surface area contributed by atoms with Crippen molar-refractivity contribution >= 4 is 11.6 Å². The molecule has 0 aliphatic rings. The van der Waals surface area contributed by atoms with Gasteiger partial charge in [-0.05, 0) is 42.3 Å². The van der Waals surface area contributed by atoms with E-state index in [1.807, 2.05) is 43.3 Å². The quantitative estimate of drug-likeness (QED) is 0.658. The molecule has 112 valence electrons. The average molecular weight is 307 g/mol. The second-order valence-electron chi connectivity index (χ2n) is 4.77. The second-order valence-corrected chi connectivity index (χ2v) is 5.21. The largest absolute Gasteiger partial charge is 0.497 e. The van der Waals surface area contributed by atoms with Crippen LogP contribution in [0, 0.1) is 6.92 Å². The van der Waals surface area contributed by atoms with Gasteiger partial charge in [0.2, 0.25) is 0 Å². The monoisotopic (exact) mass is 306 g/mol. The van der Waals surface area contributed by atoms with Crippen molar-refractivity contribution in [3.8, 4) is 11.5 Å². The summed E-state index contributed by atoms with van der Waals surface area (Å²) in [7, 11) is 3.24. The zero-order chi connectivity index (χ0) is 15.4. The van der Waals surface area contributed by atoms with E-state index in [-0.39, 0.29) is 6.04 Å². The number of hydrogen-bond donors (Lipinski definition) is 2. The molecule has 2 rings (SSSR count). The Labute approximate surface area is 129 Å². The summed E-state index contributed by atoms with van der Waals surface area (Å²) in [6.45, 7) is 1.99. The topological polar surface area (TPSA) is 56.5 Å². The lowest BCUT2D eigenvalue weighted by atomic mass is 9.97. The summed E-state index contributed by atoms with van der Waals surface area (Å²) in [6.07, 6.45) is 0. The summed E-state index contributed by atoms with van der Waals surface area (Å²) in [5.74, 6) is 7.19. The predicted octanol–water partition coefficient (Wildman–Crippen LogP) is 3.22. The maximum atomic E-state index is 6.14. The molecule has 0 heterocycles. The third-order valence-electron chi connectivity index (χ3n) is 3.32. The first-order chi connectivity index (χ1) is 10.1. The van der Waals surface area contributed by atoms with E-state index < -0.39 is 0 Å². The standard InChI is InChI=1S/C16H19ClN2O2/c1-10-6-11(8-12(17)7-10)16(19-18)14-5-4-13(20-2)9-15(14)21-3/h4-9,16,19H,18H2,1-3H3. The minimum atomic E-state index is -0.219. The summed E-state index contributed by atoms with van der Waals surface area (Å²) < 4.78 is 10.7. The molecule has 0 amide bonds. The molecule has 0 saturated heterocycles. The lowest BCUT2D eigenvalue weighted by Gasteiger charge is -2.21. The molecule has 2 aromatic carbocycles. The van der Waals surface area contributed by atoms with Gasteiger partial charge in [-0.25, -0.2) is 5.43 Å². The second kappa shape index (κ2) is 6.80. The number of ether oxygens (including phenoxy) is 2. The van der Waals surface area contributed by atoms with E-state index in [2.05, 4.69) is 5.43 Å². The highest BCUT2D eigenvalue weighted by Gasteiger charge is 2.18. The summed E-state index contributed by atoms with van der Waals surface area (Å²) in [5.41, 5.74) is 5.79. The van der Waals surface area contributed by atoms with Gasteiger partial charge in [-0.3, -0.25) is 5.84 Å². The average Bonchev–Trinajstić information content (AvgIpc) is 2.47. The molecule has 1 atom stereocenters. The van der Waals surface area contributed by atoms with Crippen LogP contribution in [0.4, 0.5) is 0 Å². The summed E-state index contributed by atoms with van der Waals surface area (Å²) in [4.78, 5) is 0. The third-order valence-corrected chi connectivity index (χ3v) is 3.53. The molecule has 1 unspecified atom stereocenters. The van der Waals surface area contributed by atoms with Crippen LogP contribution in [-0.2, 0) is 0 Å². The molecular formula is C16H19ClN2O2. The number of methoxy groups -OCH3 is 2. The highest BCUT2D eigenvalue weighted by atomic mass is 35.5. The van der Waals surface area contributed by atoms with E-state index in [4.69, 9.17) is 26.9 Å². The molecule has 0 saturated carbocycles. The first kappa shape index (κ1) is 15.6. The van der Waals surface area contributed by atoms with Crippen molar-refractivity contribution in [1.29, 1.82) is 0 Å². The van der Waals surface area contributed by atoms with Gasteiger partial charge in [-0.15, -0.1) is 0 Å². The number of hydrogen-bond acceptors (Lipinski definition) is 4. The van der Waals surface area contributed by atoms with Crippen LogP contribution in [0.15, 0.2) is 36.4 Å². The fourth-order valence-electron chi connectivity index (χ4n) is 2.35. The Kier molecular flexibility index (Phi) is 5.07. The SMILES string of the molecule is COc1ccc(C(NN)c2cc(C)cc(Cl)c2)c(OC)c1. The lowest BCUT2D eigenvalue weighted by Crippen LogP contribution is -2.29. The number of rotatable bonds is 5. The summed E-state index contributed by atoms with van der Waals surface area (Å²) in [6, 6.07) is 11.3. The van der Waals surface area contributed by atoms with Crippen LogP contribution < -0.4 is 20.7 Å². The van der Waals surface area contributed by atoms with Gasteiger partial charge in [0, 0.05) is 16.7 Å². The van der Waals surface area contributed by atoms with E-state index in [9.17, 15) is 0 Å². The van der Waals surface area contributed by atoms with E-state index >= 15 is 0 Å². The van der Waals surface area contributed by atoms with Crippen LogP contribution in [0.3, 0.4) is 0 Å². The Morgan fingerprint density at radius 2 is 1.86 bits per heavy atom. The molecular weight excluding hydrogens is 288 g/mol. The van der Waals surface area contributed by atoms with E-state index in [0.717, 1.165) is 22.4 Å². The lowest BCUT2D eigenvalue weighted by molar-refractivity contribution is 0.387. The predicted molar refractivity (Wildman–Crippen MR) is 84.9 cm³/mol. The highest BCUT2D eigenvalue weighted by molar-refractivity contribution is 6.30. The molecule has 0 spiro atoms. The zero-order valence-electron chi connectivity index (χ0n) is 12.3. The molecule has 0 bridgehead atoms. The summed E-state index contributed by atoms with van der Waals surface area (Å²) >= 11 is 6.14.